The molecular formula is C24H29N5O2. The number of rotatable bonds is 6. The second-order valence-electron chi connectivity index (χ2n) is 8.41. The maximum Gasteiger partial charge on any atom is 0.308 e. The van der Waals surface area contributed by atoms with Gasteiger partial charge in [-0.1, -0.05) is 18.2 Å². The molecule has 162 valence electrons. The highest BCUT2D eigenvalue weighted by Gasteiger charge is 2.34. The van der Waals surface area contributed by atoms with E-state index in [9.17, 15) is 4.79 Å². The van der Waals surface area contributed by atoms with Crippen molar-refractivity contribution >= 4 is 33.9 Å². The van der Waals surface area contributed by atoms with Crippen LogP contribution < -0.4 is 5.32 Å². The topological polar surface area (TPSA) is 91.2 Å². The van der Waals surface area contributed by atoms with Crippen LogP contribution in [0.4, 0.5) is 0 Å². The average molecular weight is 420 g/mol. The minimum atomic E-state index is -0.151. The molecule has 1 aromatic heterocycles. The smallest absolute Gasteiger partial charge is 0.308 e. The Bertz CT molecular complexity index is 1070. The summed E-state index contributed by atoms with van der Waals surface area (Å²) in [5, 5.41) is 11.5. The second-order valence-corrected chi connectivity index (χ2v) is 8.41. The predicted molar refractivity (Wildman–Crippen MR) is 123 cm³/mol. The van der Waals surface area contributed by atoms with Crippen LogP contribution in [0.2, 0.25) is 0 Å². The van der Waals surface area contributed by atoms with E-state index in [0.717, 1.165) is 48.9 Å². The molecule has 1 saturated carbocycles. The van der Waals surface area contributed by atoms with Gasteiger partial charge >= 0.3 is 5.97 Å². The zero-order chi connectivity index (χ0) is 22.0. The molecule has 7 heteroatoms. The van der Waals surface area contributed by atoms with Gasteiger partial charge in [0.05, 0.1) is 36.0 Å². The summed E-state index contributed by atoms with van der Waals surface area (Å²) in [6.07, 6.45) is 8.34. The van der Waals surface area contributed by atoms with Crippen LogP contribution in [0.5, 0.6) is 0 Å². The van der Waals surface area contributed by atoms with Crippen LogP contribution in [0.25, 0.3) is 22.2 Å². The monoisotopic (exact) mass is 419 g/mol. The third-order valence-corrected chi connectivity index (χ3v) is 6.15. The lowest BCUT2D eigenvalue weighted by molar-refractivity contribution is -0.149. The molecule has 1 aliphatic heterocycles. The Morgan fingerprint density at radius 3 is 2.84 bits per heavy atom. The van der Waals surface area contributed by atoms with Gasteiger partial charge < -0.3 is 20.4 Å². The molecule has 0 atom stereocenters. The number of likely N-dealkylation sites (N-methyl/N-ethyl adjacent to an activating group) is 1. The first-order valence-electron chi connectivity index (χ1n) is 10.7. The van der Waals surface area contributed by atoms with E-state index in [2.05, 4.69) is 29.4 Å². The fraction of sp³-hybridized carbons (Fsp3) is 0.417. The van der Waals surface area contributed by atoms with Crippen LogP contribution in [-0.4, -0.2) is 59.8 Å². The molecule has 0 radical (unpaired) electrons. The summed E-state index contributed by atoms with van der Waals surface area (Å²) in [4.78, 5) is 23.4. The second kappa shape index (κ2) is 8.98. The third-order valence-electron chi connectivity index (χ3n) is 6.15. The third kappa shape index (κ3) is 4.51. The summed E-state index contributed by atoms with van der Waals surface area (Å²) in [6.45, 7) is 3.73. The number of carbonyl (C=O) groups excluding carboxylic acids is 1. The first kappa shape index (κ1) is 21.2. The summed E-state index contributed by atoms with van der Waals surface area (Å²) in [5.41, 5.74) is 5.98. The lowest BCUT2D eigenvalue weighted by Gasteiger charge is -2.33. The summed E-state index contributed by atoms with van der Waals surface area (Å²) in [7, 11) is 3.55. The number of esters is 1. The molecule has 1 aromatic carbocycles. The Kier molecular flexibility index (Phi) is 6.13. The highest BCUT2D eigenvalue weighted by molar-refractivity contribution is 6.20. The van der Waals surface area contributed by atoms with Gasteiger partial charge in [-0.3, -0.25) is 9.78 Å². The van der Waals surface area contributed by atoms with Gasteiger partial charge in [0.15, 0.2) is 0 Å². The van der Waals surface area contributed by atoms with Crippen molar-refractivity contribution in [3.8, 4) is 0 Å². The number of carbonyl (C=O) groups is 1. The number of hydrogen-bond acceptors (Lipinski definition) is 7. The van der Waals surface area contributed by atoms with Crippen LogP contribution in [0.3, 0.4) is 0 Å². The minimum absolute atomic E-state index is 0.0341. The number of aromatic nitrogens is 2. The summed E-state index contributed by atoms with van der Waals surface area (Å²) >= 11 is 0. The molecule has 4 rings (SSSR count). The molecule has 7 nitrogen and oxygen atoms in total. The predicted octanol–water partition coefficient (Wildman–Crippen LogP) is 3.27. The van der Waals surface area contributed by atoms with Crippen molar-refractivity contribution in [2.24, 2.45) is 5.92 Å². The van der Waals surface area contributed by atoms with Crippen LogP contribution in [-0.2, 0) is 9.53 Å². The van der Waals surface area contributed by atoms with Gasteiger partial charge in [-0.25, -0.2) is 4.98 Å². The number of fused-ring (bicyclic) bond motifs is 1. The summed E-state index contributed by atoms with van der Waals surface area (Å²) in [6, 6.07) is 6.31. The molecule has 2 aliphatic rings. The van der Waals surface area contributed by atoms with Crippen molar-refractivity contribution in [1.82, 2.24) is 20.2 Å². The first-order valence-corrected chi connectivity index (χ1v) is 10.7. The number of ether oxygens (including phenoxy) is 1. The van der Waals surface area contributed by atoms with Crippen molar-refractivity contribution in [2.75, 3.05) is 27.2 Å². The highest BCUT2D eigenvalue weighted by Crippen LogP contribution is 2.30. The van der Waals surface area contributed by atoms with Crippen LogP contribution >= 0.6 is 0 Å². The quantitative estimate of drug-likeness (QED) is 0.552. The van der Waals surface area contributed by atoms with E-state index in [1.54, 1.807) is 13.1 Å². The van der Waals surface area contributed by atoms with Gasteiger partial charge in [-0.2, -0.15) is 0 Å². The van der Waals surface area contributed by atoms with Gasteiger partial charge in [0, 0.05) is 42.2 Å². The molecule has 0 saturated heterocycles. The molecule has 31 heavy (non-hydrogen) atoms. The zero-order valence-corrected chi connectivity index (χ0v) is 18.3. The van der Waals surface area contributed by atoms with E-state index in [1.807, 2.05) is 18.3 Å². The van der Waals surface area contributed by atoms with Crippen LogP contribution in [0.1, 0.15) is 37.4 Å². The Hall–Kier alpha value is -3.06. The molecule has 0 bridgehead atoms. The van der Waals surface area contributed by atoms with Crippen LogP contribution in [0.15, 0.2) is 36.7 Å². The van der Waals surface area contributed by atoms with Gasteiger partial charge in [0.25, 0.3) is 0 Å². The van der Waals surface area contributed by atoms with Crippen molar-refractivity contribution in [3.63, 3.8) is 0 Å². The zero-order valence-electron chi connectivity index (χ0n) is 18.3. The molecule has 1 fully saturated rings. The fourth-order valence-corrected chi connectivity index (χ4v) is 4.13. The molecule has 2 heterocycles. The number of hydrogen-bond donors (Lipinski definition) is 2. The SMILES string of the molecule is COC(=O)C1CC(N/C=C(\C(C)=N)c2cnc3c(C4=CCN(C)CC4)cccc3n2)C1. The van der Waals surface area contributed by atoms with E-state index in [4.69, 9.17) is 20.1 Å². The minimum Gasteiger partial charge on any atom is -0.469 e. The van der Waals surface area contributed by atoms with E-state index >= 15 is 0 Å². The van der Waals surface area contributed by atoms with Crippen LogP contribution in [0, 0.1) is 11.3 Å². The number of methoxy groups -OCH3 is 1. The molecule has 0 spiro atoms. The van der Waals surface area contributed by atoms with Gasteiger partial charge in [-0.05, 0) is 44.9 Å². The van der Waals surface area contributed by atoms with Crippen molar-refractivity contribution < 1.29 is 9.53 Å². The van der Waals surface area contributed by atoms with E-state index in [0.29, 0.717) is 17.0 Å². The molecule has 0 amide bonds. The Labute approximate surface area is 182 Å². The number of nitrogens with one attached hydrogen (secondary N) is 2. The summed E-state index contributed by atoms with van der Waals surface area (Å²) < 4.78 is 4.79. The van der Waals surface area contributed by atoms with Gasteiger partial charge in [-0.15, -0.1) is 0 Å². The molecule has 0 unspecified atom stereocenters. The number of para-hydroxylation sites is 1. The largest absolute Gasteiger partial charge is 0.469 e. The lowest BCUT2D eigenvalue weighted by atomic mass is 9.80. The van der Waals surface area contributed by atoms with Crippen molar-refractivity contribution in [3.05, 3.63) is 47.9 Å². The standard InChI is InChI=1S/C24H29N5O2/c1-15(25)20(13-26-18-11-17(12-18)24(30)31-3)22-14-27-23-19(5-4-6-21(23)28-22)16-7-9-29(2)10-8-16/h4-7,13-14,17-18,25-26H,8-12H2,1-3H3/b20-13+,25-15?. The molecule has 2 aromatic rings. The maximum absolute atomic E-state index is 11.6. The van der Waals surface area contributed by atoms with Gasteiger partial charge in [0.1, 0.15) is 0 Å². The molecule has 1 aliphatic carbocycles. The fourth-order valence-electron chi connectivity index (χ4n) is 4.13. The van der Waals surface area contributed by atoms with E-state index in [1.165, 1.54) is 12.7 Å². The molecule has 2 N–H and O–H groups in total. The maximum atomic E-state index is 11.6. The average Bonchev–Trinajstić information content (AvgIpc) is 2.74. The Balaban J connectivity index is 1.56. The molecular weight excluding hydrogens is 390 g/mol. The van der Waals surface area contributed by atoms with Gasteiger partial charge in [0.2, 0.25) is 0 Å². The Morgan fingerprint density at radius 1 is 1.35 bits per heavy atom. The Morgan fingerprint density at radius 2 is 2.16 bits per heavy atom. The van der Waals surface area contributed by atoms with E-state index < -0.39 is 0 Å². The van der Waals surface area contributed by atoms with Crippen molar-refractivity contribution in [1.29, 1.82) is 5.41 Å². The summed E-state index contributed by atoms with van der Waals surface area (Å²) in [5.74, 6) is -0.186. The normalized spacial score (nSPS) is 21.9. The number of benzene rings is 1. The number of nitrogens with zero attached hydrogens (tertiary/aromatic N) is 3. The van der Waals surface area contributed by atoms with E-state index in [-0.39, 0.29) is 17.9 Å². The number of allylic oxidation sites excluding steroid dienone is 1. The van der Waals surface area contributed by atoms with Crippen molar-refractivity contribution in [2.45, 2.75) is 32.2 Å². The lowest BCUT2D eigenvalue weighted by Crippen LogP contribution is -2.42. The highest BCUT2D eigenvalue weighted by atomic mass is 16.5. The first-order chi connectivity index (χ1) is 15.0.